The van der Waals surface area contributed by atoms with Gasteiger partial charge in [-0.2, -0.15) is 0 Å². The summed E-state index contributed by atoms with van der Waals surface area (Å²) in [6.07, 6.45) is 7.02. The number of phosphoric acid groups is 1. The number of hydrogen-bond acceptors (Lipinski definition) is 10. The molecule has 2 fully saturated rings. The number of nitrogens with two attached hydrogens (primary N) is 1. The van der Waals surface area contributed by atoms with Crippen molar-refractivity contribution in [3.05, 3.63) is 12.7 Å². The summed E-state index contributed by atoms with van der Waals surface area (Å²) in [6.45, 7) is 10.6. The summed E-state index contributed by atoms with van der Waals surface area (Å²) in [6, 6.07) is 0. The van der Waals surface area contributed by atoms with Gasteiger partial charge in [0.05, 0.1) is 12.9 Å². The molecule has 5 atom stereocenters. The Balaban J connectivity index is 0.000000228. The molecule has 12 nitrogen and oxygen atoms in total. The highest BCUT2D eigenvalue weighted by Crippen LogP contribution is 2.52. The Bertz CT molecular complexity index is 958. The number of rotatable bonds is 10. The van der Waals surface area contributed by atoms with Crippen LogP contribution >= 0.6 is 7.82 Å². The van der Waals surface area contributed by atoms with Crippen molar-refractivity contribution in [1.29, 1.82) is 0 Å². The Morgan fingerprint density at radius 3 is 2.34 bits per heavy atom. The molecule has 13 heteroatoms. The molecule has 0 saturated carbocycles. The normalized spacial score (nSPS) is 28.2. The molecule has 0 aliphatic carbocycles. The molecule has 2 aromatic rings. The molecule has 35 heavy (non-hydrogen) atoms. The van der Waals surface area contributed by atoms with Crippen LogP contribution in [0.1, 0.15) is 65.5 Å². The van der Waals surface area contributed by atoms with Crippen molar-refractivity contribution in [3.63, 3.8) is 0 Å². The summed E-state index contributed by atoms with van der Waals surface area (Å²) in [5, 5.41) is 10.4. The standard InChI is InChI=1S/C12H27N.C10H12N5O6P/c1-4-7-10-13(11-8-5-2)12-9-6-3;11-8-5-9(13-2-12-8)15(3-14-5)10-6(16)7-4(20-10)1-19-22(17,18)21-7/h4-12H2,1-3H3;2-4,6-7,10,16H,1H2,(H,17,18)(H2,11,12,13)/t;4-,6-,7-,10-/m.1/s1. The maximum absolute atomic E-state index is 11.5. The number of phosphoric ester groups is 1. The number of ether oxygens (including phenoxy) is 1. The van der Waals surface area contributed by atoms with Crippen LogP contribution in [-0.2, 0) is 18.3 Å². The fourth-order valence-corrected chi connectivity index (χ4v) is 5.07. The monoisotopic (exact) mass is 514 g/mol. The summed E-state index contributed by atoms with van der Waals surface area (Å²) in [5.41, 5.74) is 6.46. The lowest BCUT2D eigenvalue weighted by atomic mass is 10.1. The van der Waals surface area contributed by atoms with Gasteiger partial charge in [-0.05, 0) is 38.9 Å². The van der Waals surface area contributed by atoms with E-state index in [4.69, 9.17) is 15.0 Å². The fourth-order valence-electron chi connectivity index (χ4n) is 4.10. The Morgan fingerprint density at radius 1 is 1.11 bits per heavy atom. The third-order valence-electron chi connectivity index (χ3n) is 6.11. The van der Waals surface area contributed by atoms with Crippen LogP contribution in [0.15, 0.2) is 12.7 Å². The van der Waals surface area contributed by atoms with Gasteiger partial charge in [-0.3, -0.25) is 13.6 Å². The number of nitrogens with zero attached hydrogens (tertiary/aromatic N) is 5. The Hall–Kier alpha value is -1.66. The molecular formula is C22H39N6O6P. The predicted octanol–water partition coefficient (Wildman–Crippen LogP) is 2.87. The first-order chi connectivity index (χ1) is 16.8. The molecule has 4 N–H and O–H groups in total. The van der Waals surface area contributed by atoms with Crippen LogP contribution in [0, 0.1) is 0 Å². The van der Waals surface area contributed by atoms with Gasteiger partial charge in [-0.25, -0.2) is 19.5 Å². The molecule has 2 saturated heterocycles. The molecule has 4 heterocycles. The van der Waals surface area contributed by atoms with Gasteiger partial charge in [0.15, 0.2) is 17.7 Å². The lowest BCUT2D eigenvalue weighted by Crippen LogP contribution is -2.39. The van der Waals surface area contributed by atoms with Crippen molar-refractivity contribution in [2.45, 2.75) is 83.8 Å². The highest BCUT2D eigenvalue weighted by atomic mass is 31.2. The lowest BCUT2D eigenvalue weighted by molar-refractivity contribution is -0.0664. The largest absolute Gasteiger partial charge is 0.472 e. The number of hydrogen-bond donors (Lipinski definition) is 3. The second kappa shape index (κ2) is 13.0. The minimum absolute atomic E-state index is 0.157. The molecule has 4 rings (SSSR count). The highest BCUT2D eigenvalue weighted by molar-refractivity contribution is 7.47. The number of nitrogen functional groups attached to an aromatic ring is 1. The highest BCUT2D eigenvalue weighted by Gasteiger charge is 2.52. The van der Waals surface area contributed by atoms with Gasteiger partial charge in [0.25, 0.3) is 0 Å². The van der Waals surface area contributed by atoms with E-state index >= 15 is 0 Å². The van der Waals surface area contributed by atoms with Gasteiger partial charge in [0.2, 0.25) is 0 Å². The summed E-state index contributed by atoms with van der Waals surface area (Å²) in [7, 11) is -4.16. The molecular weight excluding hydrogens is 475 g/mol. The average Bonchev–Trinajstić information content (AvgIpc) is 3.40. The molecule has 2 aromatic heterocycles. The fraction of sp³-hybridized carbons (Fsp3) is 0.773. The van der Waals surface area contributed by atoms with Crippen molar-refractivity contribution in [3.8, 4) is 0 Å². The van der Waals surface area contributed by atoms with Crippen LogP contribution in [0.3, 0.4) is 0 Å². The zero-order valence-electron chi connectivity index (χ0n) is 20.8. The number of fused-ring (bicyclic) bond motifs is 2. The van der Waals surface area contributed by atoms with Crippen molar-refractivity contribution in [2.75, 3.05) is 32.0 Å². The summed E-state index contributed by atoms with van der Waals surface area (Å²) in [4.78, 5) is 24.0. The Kier molecular flexibility index (Phi) is 10.4. The van der Waals surface area contributed by atoms with Crippen molar-refractivity contribution < 1.29 is 28.3 Å². The SMILES string of the molecule is CCCCN(CCCC)CCCC.Nc1ncnc2c1ncn2[C@@H]1O[C@@H]2COP(=O)(O)O[C@H]2[C@H]1O. The first-order valence-corrected chi connectivity index (χ1v) is 13.9. The van der Waals surface area contributed by atoms with Gasteiger partial charge >= 0.3 is 7.82 Å². The third-order valence-corrected chi connectivity index (χ3v) is 7.10. The molecule has 198 valence electrons. The molecule has 0 amide bonds. The molecule has 0 spiro atoms. The third kappa shape index (κ3) is 7.19. The van der Waals surface area contributed by atoms with Crippen LogP contribution in [0.2, 0.25) is 0 Å². The van der Waals surface area contributed by atoms with E-state index in [-0.39, 0.29) is 12.4 Å². The van der Waals surface area contributed by atoms with Crippen LogP contribution in [-0.4, -0.2) is 79.0 Å². The van der Waals surface area contributed by atoms with E-state index in [1.807, 2.05) is 0 Å². The Morgan fingerprint density at radius 2 is 1.74 bits per heavy atom. The van der Waals surface area contributed by atoms with Crippen LogP contribution < -0.4 is 5.73 Å². The van der Waals surface area contributed by atoms with Crippen LogP contribution in [0.5, 0.6) is 0 Å². The maximum atomic E-state index is 11.5. The first-order valence-electron chi connectivity index (χ1n) is 12.5. The van der Waals surface area contributed by atoms with Gasteiger partial charge in [-0.15, -0.1) is 0 Å². The predicted molar refractivity (Wildman–Crippen MR) is 131 cm³/mol. The number of unbranched alkanes of at least 4 members (excludes halogenated alkanes) is 3. The number of aliphatic hydroxyl groups excluding tert-OH is 1. The number of aliphatic hydroxyl groups is 1. The van der Waals surface area contributed by atoms with Crippen LogP contribution in [0.4, 0.5) is 5.82 Å². The second-order valence-electron chi connectivity index (χ2n) is 8.88. The summed E-state index contributed by atoms with van der Waals surface area (Å²) in [5.74, 6) is 0.202. The van der Waals surface area contributed by atoms with E-state index in [0.29, 0.717) is 11.2 Å². The molecule has 2 aliphatic rings. The zero-order chi connectivity index (χ0) is 25.4. The lowest BCUT2D eigenvalue weighted by Gasteiger charge is -2.27. The minimum Gasteiger partial charge on any atom is -0.386 e. The van der Waals surface area contributed by atoms with Gasteiger partial charge in [-0.1, -0.05) is 40.0 Å². The second-order valence-corrected chi connectivity index (χ2v) is 10.3. The van der Waals surface area contributed by atoms with Gasteiger partial charge in [0, 0.05) is 0 Å². The van der Waals surface area contributed by atoms with Gasteiger partial charge in [0.1, 0.15) is 30.2 Å². The molecule has 0 aromatic carbocycles. The molecule has 2 aliphatic heterocycles. The molecule has 0 bridgehead atoms. The molecule has 0 radical (unpaired) electrons. The van der Waals surface area contributed by atoms with E-state index in [0.717, 1.165) is 0 Å². The zero-order valence-corrected chi connectivity index (χ0v) is 21.7. The minimum atomic E-state index is -4.16. The van der Waals surface area contributed by atoms with E-state index in [1.165, 1.54) is 75.4 Å². The number of imidazole rings is 1. The smallest absolute Gasteiger partial charge is 0.386 e. The van der Waals surface area contributed by atoms with Crippen molar-refractivity contribution >= 4 is 24.8 Å². The van der Waals surface area contributed by atoms with E-state index < -0.39 is 32.4 Å². The van der Waals surface area contributed by atoms with Crippen LogP contribution in [0.25, 0.3) is 11.2 Å². The Labute approximate surface area is 206 Å². The topological polar surface area (TPSA) is 158 Å². The van der Waals surface area contributed by atoms with Crippen molar-refractivity contribution in [2.24, 2.45) is 0 Å². The van der Waals surface area contributed by atoms with E-state index in [9.17, 15) is 14.6 Å². The van der Waals surface area contributed by atoms with Crippen molar-refractivity contribution in [1.82, 2.24) is 24.4 Å². The van der Waals surface area contributed by atoms with E-state index in [1.54, 1.807) is 0 Å². The summed E-state index contributed by atoms with van der Waals surface area (Å²) < 4.78 is 28.2. The van der Waals surface area contributed by atoms with E-state index in [2.05, 4.69) is 45.1 Å². The maximum Gasteiger partial charge on any atom is 0.472 e. The first kappa shape index (κ1) is 27.9. The summed E-state index contributed by atoms with van der Waals surface area (Å²) >= 11 is 0. The quantitative estimate of drug-likeness (QED) is 0.400. The molecule has 1 unspecified atom stereocenters. The van der Waals surface area contributed by atoms with Gasteiger partial charge < -0.3 is 25.4 Å². The average molecular weight is 515 g/mol. The number of anilines is 1. The number of aromatic nitrogens is 4.